The van der Waals surface area contributed by atoms with Crippen molar-refractivity contribution in [3.63, 3.8) is 0 Å². The lowest BCUT2D eigenvalue weighted by atomic mass is 10.2. The summed E-state index contributed by atoms with van der Waals surface area (Å²) in [4.78, 5) is 10.5. The molecule has 2 aliphatic rings. The van der Waals surface area contributed by atoms with Crippen LogP contribution in [0.5, 0.6) is 0 Å². The molecule has 72 valence electrons. The number of halogens is 2. The van der Waals surface area contributed by atoms with Gasteiger partial charge in [-0.05, 0) is 34.2 Å². The third-order valence-electron chi connectivity index (χ3n) is 2.19. The number of hydrogen-bond acceptors (Lipinski definition) is 4. The van der Waals surface area contributed by atoms with Gasteiger partial charge in [-0.3, -0.25) is 15.0 Å². The molecule has 1 N–H and O–H groups in total. The first-order chi connectivity index (χ1) is 6.77. The zero-order valence-corrected chi connectivity index (χ0v) is 9.87. The second-order valence-electron chi connectivity index (χ2n) is 2.98. The van der Waals surface area contributed by atoms with Crippen LogP contribution in [0.3, 0.4) is 0 Å². The maximum Gasteiger partial charge on any atom is 0.206 e. The fraction of sp³-hybridized carbons (Fsp3) is 0.286. The maximum absolute atomic E-state index is 6.00. The minimum atomic E-state index is 0.466. The number of fused-ring (bicyclic) bond motifs is 3. The van der Waals surface area contributed by atoms with E-state index in [1.165, 1.54) is 0 Å². The SMILES string of the molecule is ClC1=Nc2[nH]nc(I)c2C2=NCCN12. The van der Waals surface area contributed by atoms with Gasteiger partial charge in [0.25, 0.3) is 0 Å². The fourth-order valence-corrected chi connectivity index (χ4v) is 2.45. The lowest BCUT2D eigenvalue weighted by molar-refractivity contribution is 0.672. The quantitative estimate of drug-likeness (QED) is 0.579. The van der Waals surface area contributed by atoms with Gasteiger partial charge in [-0.15, -0.1) is 0 Å². The molecule has 0 unspecified atom stereocenters. The molecule has 3 rings (SSSR count). The first-order valence-electron chi connectivity index (χ1n) is 4.08. The summed E-state index contributed by atoms with van der Waals surface area (Å²) in [5.74, 6) is 1.59. The molecule has 0 aromatic carbocycles. The van der Waals surface area contributed by atoms with Crippen LogP contribution >= 0.6 is 34.2 Å². The van der Waals surface area contributed by atoms with E-state index in [1.54, 1.807) is 0 Å². The van der Waals surface area contributed by atoms with E-state index >= 15 is 0 Å². The van der Waals surface area contributed by atoms with Gasteiger partial charge in [0.2, 0.25) is 5.29 Å². The molecule has 1 aromatic heterocycles. The normalized spacial score (nSPS) is 18.9. The van der Waals surface area contributed by atoms with Gasteiger partial charge in [0, 0.05) is 6.54 Å². The van der Waals surface area contributed by atoms with Gasteiger partial charge in [-0.25, -0.2) is 0 Å². The van der Waals surface area contributed by atoms with E-state index in [-0.39, 0.29) is 0 Å². The lowest BCUT2D eigenvalue weighted by Gasteiger charge is -2.21. The number of aromatic nitrogens is 2. The molecule has 0 aliphatic carbocycles. The van der Waals surface area contributed by atoms with Crippen LogP contribution in [-0.4, -0.2) is 39.3 Å². The van der Waals surface area contributed by atoms with Crippen LogP contribution in [-0.2, 0) is 0 Å². The topological polar surface area (TPSA) is 56.6 Å². The largest absolute Gasteiger partial charge is 0.299 e. The third kappa shape index (κ3) is 1.04. The summed E-state index contributed by atoms with van der Waals surface area (Å²) < 4.78 is 0.885. The summed E-state index contributed by atoms with van der Waals surface area (Å²) in [5.41, 5.74) is 0.965. The number of nitrogens with one attached hydrogen (secondary N) is 1. The number of aromatic amines is 1. The molecule has 2 aliphatic heterocycles. The number of rotatable bonds is 0. The molecule has 7 heteroatoms. The highest BCUT2D eigenvalue weighted by Gasteiger charge is 2.31. The van der Waals surface area contributed by atoms with Crippen LogP contribution < -0.4 is 0 Å². The predicted molar refractivity (Wildman–Crippen MR) is 62.4 cm³/mol. The second-order valence-corrected chi connectivity index (χ2v) is 4.34. The van der Waals surface area contributed by atoms with E-state index in [0.717, 1.165) is 28.2 Å². The van der Waals surface area contributed by atoms with E-state index in [4.69, 9.17) is 11.6 Å². The lowest BCUT2D eigenvalue weighted by Crippen LogP contribution is -2.34. The van der Waals surface area contributed by atoms with E-state index in [1.807, 2.05) is 4.90 Å². The molecule has 0 spiro atoms. The summed E-state index contributed by atoms with van der Waals surface area (Å²) in [6.07, 6.45) is 0. The number of H-pyrrole nitrogens is 1. The van der Waals surface area contributed by atoms with E-state index < -0.39 is 0 Å². The van der Waals surface area contributed by atoms with Gasteiger partial charge in [0.1, 0.15) is 9.54 Å². The number of nitrogens with zero attached hydrogens (tertiary/aromatic N) is 4. The maximum atomic E-state index is 6.00. The molecule has 0 bridgehead atoms. The second kappa shape index (κ2) is 2.93. The van der Waals surface area contributed by atoms with Crippen molar-refractivity contribution in [3.8, 4) is 0 Å². The van der Waals surface area contributed by atoms with E-state index in [9.17, 15) is 0 Å². The van der Waals surface area contributed by atoms with Crippen LogP contribution in [0.1, 0.15) is 5.56 Å². The van der Waals surface area contributed by atoms with Crippen LogP contribution in [0.15, 0.2) is 9.98 Å². The molecule has 3 heterocycles. The Hall–Kier alpha value is -0.630. The zero-order chi connectivity index (χ0) is 9.71. The Morgan fingerprint density at radius 1 is 1.50 bits per heavy atom. The van der Waals surface area contributed by atoms with Crippen molar-refractivity contribution in [2.24, 2.45) is 9.98 Å². The van der Waals surface area contributed by atoms with Crippen molar-refractivity contribution < 1.29 is 0 Å². The van der Waals surface area contributed by atoms with Crippen LogP contribution in [0.25, 0.3) is 0 Å². The van der Waals surface area contributed by atoms with Gasteiger partial charge < -0.3 is 0 Å². The average molecular weight is 322 g/mol. The molecule has 0 saturated heterocycles. The Morgan fingerprint density at radius 3 is 3.21 bits per heavy atom. The third-order valence-corrected chi connectivity index (χ3v) is 3.26. The molecule has 0 atom stereocenters. The van der Waals surface area contributed by atoms with E-state index in [0.29, 0.717) is 11.1 Å². The van der Waals surface area contributed by atoms with Crippen molar-refractivity contribution in [3.05, 3.63) is 9.26 Å². The number of amidine groups is 2. The molecule has 0 radical (unpaired) electrons. The average Bonchev–Trinajstić information content (AvgIpc) is 2.72. The minimum absolute atomic E-state index is 0.466. The molecule has 14 heavy (non-hydrogen) atoms. The Balaban J connectivity index is 2.28. The summed E-state index contributed by atoms with van der Waals surface area (Å²) in [6.45, 7) is 1.57. The summed E-state index contributed by atoms with van der Waals surface area (Å²) in [7, 11) is 0. The van der Waals surface area contributed by atoms with Crippen molar-refractivity contribution in [1.29, 1.82) is 0 Å². The first-order valence-corrected chi connectivity index (χ1v) is 5.53. The van der Waals surface area contributed by atoms with Crippen LogP contribution in [0.2, 0.25) is 0 Å². The van der Waals surface area contributed by atoms with Crippen molar-refractivity contribution in [1.82, 2.24) is 15.1 Å². The molecular formula is C7H5ClIN5. The summed E-state index contributed by atoms with van der Waals surface area (Å²) in [6, 6.07) is 0. The van der Waals surface area contributed by atoms with Crippen molar-refractivity contribution in [2.75, 3.05) is 13.1 Å². The molecule has 0 amide bonds. The predicted octanol–water partition coefficient (Wildman–Crippen LogP) is 1.32. The van der Waals surface area contributed by atoms with Gasteiger partial charge in [0.05, 0.1) is 12.1 Å². The summed E-state index contributed by atoms with van der Waals surface area (Å²) >= 11 is 8.16. The molecule has 5 nitrogen and oxygen atoms in total. The molecule has 0 fully saturated rings. The summed E-state index contributed by atoms with van der Waals surface area (Å²) in [5, 5.41) is 7.38. The van der Waals surface area contributed by atoms with Crippen molar-refractivity contribution in [2.45, 2.75) is 0 Å². The van der Waals surface area contributed by atoms with Crippen LogP contribution in [0.4, 0.5) is 5.82 Å². The monoisotopic (exact) mass is 321 g/mol. The standard InChI is InChI=1S/C7H5ClIN5/c8-7-11-5-3(4(9)12-13-5)6-10-1-2-14(6)7/h1-2H2,(H,12,13). The Morgan fingerprint density at radius 2 is 2.36 bits per heavy atom. The highest BCUT2D eigenvalue weighted by Crippen LogP contribution is 2.30. The smallest absolute Gasteiger partial charge is 0.206 e. The van der Waals surface area contributed by atoms with Gasteiger partial charge in [-0.2, -0.15) is 10.1 Å². The number of aliphatic imine (C=N–C) groups is 2. The van der Waals surface area contributed by atoms with Gasteiger partial charge in [0.15, 0.2) is 5.82 Å². The van der Waals surface area contributed by atoms with Gasteiger partial charge in [-0.1, -0.05) is 0 Å². The molecular weight excluding hydrogens is 316 g/mol. The Kier molecular flexibility index (Phi) is 1.81. The fourth-order valence-electron chi connectivity index (χ4n) is 1.58. The molecule has 0 saturated carbocycles. The number of hydrogen-bond donors (Lipinski definition) is 1. The minimum Gasteiger partial charge on any atom is -0.299 e. The van der Waals surface area contributed by atoms with E-state index in [2.05, 4.69) is 42.8 Å². The highest BCUT2D eigenvalue weighted by molar-refractivity contribution is 14.1. The Labute approximate surface area is 98.4 Å². The van der Waals surface area contributed by atoms with Crippen molar-refractivity contribution >= 4 is 51.1 Å². The zero-order valence-electron chi connectivity index (χ0n) is 6.96. The Bertz CT molecular complexity index is 463. The first kappa shape index (κ1) is 8.66. The highest BCUT2D eigenvalue weighted by atomic mass is 127. The molecule has 1 aromatic rings. The van der Waals surface area contributed by atoms with Crippen LogP contribution in [0, 0.1) is 3.70 Å². The van der Waals surface area contributed by atoms with Gasteiger partial charge >= 0.3 is 0 Å².